The van der Waals surface area contributed by atoms with Crippen molar-refractivity contribution >= 4 is 9.28 Å². The Balaban J connectivity index is 1.73. The summed E-state index contributed by atoms with van der Waals surface area (Å²) in [7, 11) is 0.393. The van der Waals surface area contributed by atoms with Crippen LogP contribution in [0.5, 0.6) is 0 Å². The normalized spacial score (nSPS) is 25.4. The zero-order valence-electron chi connectivity index (χ0n) is 11.8. The van der Waals surface area contributed by atoms with Gasteiger partial charge in [0.2, 0.25) is 0 Å². The molecule has 2 aliphatic rings. The molecule has 0 amide bonds. The Morgan fingerprint density at radius 1 is 0.889 bits per heavy atom. The third-order valence-corrected chi connectivity index (χ3v) is 6.81. The van der Waals surface area contributed by atoms with Gasteiger partial charge in [0.1, 0.15) is 0 Å². The molecule has 0 heterocycles. The zero-order valence-corrected chi connectivity index (χ0v) is 12.9. The smallest absolute Gasteiger partial charge is 0.384 e. The summed E-state index contributed by atoms with van der Waals surface area (Å²) < 4.78 is 11.6. The fraction of sp³-hybridized carbons (Fsp3) is 0.867. The van der Waals surface area contributed by atoms with E-state index in [0.717, 1.165) is 11.5 Å². The van der Waals surface area contributed by atoms with E-state index in [1.165, 1.54) is 64.2 Å². The van der Waals surface area contributed by atoms with Crippen molar-refractivity contribution in [2.45, 2.75) is 69.7 Å². The minimum atomic E-state index is -1.44. The second-order valence-corrected chi connectivity index (χ2v) is 8.29. The van der Waals surface area contributed by atoms with Crippen molar-refractivity contribution in [3.05, 3.63) is 12.3 Å². The van der Waals surface area contributed by atoms with Gasteiger partial charge in [0.05, 0.1) is 6.26 Å². The predicted molar refractivity (Wildman–Crippen MR) is 77.8 cm³/mol. The first kappa shape index (κ1) is 14.1. The highest BCUT2D eigenvalue weighted by Crippen LogP contribution is 2.33. The van der Waals surface area contributed by atoms with Gasteiger partial charge in [-0.2, -0.15) is 0 Å². The molecule has 0 aromatic carbocycles. The van der Waals surface area contributed by atoms with Crippen molar-refractivity contribution in [3.63, 3.8) is 0 Å². The number of allylic oxidation sites excluding steroid dienone is 1. The van der Waals surface area contributed by atoms with E-state index < -0.39 is 9.28 Å². The molecule has 0 spiro atoms. The molecule has 2 fully saturated rings. The van der Waals surface area contributed by atoms with Gasteiger partial charge in [-0.15, -0.1) is 0 Å². The summed E-state index contributed by atoms with van der Waals surface area (Å²) in [6, 6.07) is 0. The molecule has 1 unspecified atom stereocenters. The third kappa shape index (κ3) is 4.43. The Morgan fingerprint density at radius 2 is 1.50 bits per heavy atom. The highest BCUT2D eigenvalue weighted by atomic mass is 28.3. The molecule has 104 valence electrons. The van der Waals surface area contributed by atoms with Crippen LogP contribution in [-0.2, 0) is 8.85 Å². The maximum absolute atomic E-state index is 5.95. The lowest BCUT2D eigenvalue weighted by Crippen LogP contribution is -2.24. The van der Waals surface area contributed by atoms with Crippen LogP contribution < -0.4 is 0 Å². The summed E-state index contributed by atoms with van der Waals surface area (Å²) >= 11 is 0. The summed E-state index contributed by atoms with van der Waals surface area (Å²) in [5.41, 5.74) is 0.744. The van der Waals surface area contributed by atoms with Crippen LogP contribution in [0.3, 0.4) is 0 Å². The lowest BCUT2D eigenvalue weighted by molar-refractivity contribution is 0.290. The molecule has 3 heteroatoms. The molecular formula is C15H28O2Si. The molecule has 0 N–H and O–H groups in total. The predicted octanol–water partition coefficient (Wildman–Crippen LogP) is 4.30. The van der Waals surface area contributed by atoms with Gasteiger partial charge in [0, 0.05) is 12.7 Å². The van der Waals surface area contributed by atoms with Crippen LogP contribution in [0.4, 0.5) is 0 Å². The molecule has 2 rings (SSSR count). The van der Waals surface area contributed by atoms with Crippen LogP contribution in [0, 0.1) is 5.92 Å². The van der Waals surface area contributed by atoms with Crippen LogP contribution in [0.2, 0.25) is 5.54 Å². The molecule has 0 saturated heterocycles. The second kappa shape index (κ2) is 8.00. The van der Waals surface area contributed by atoms with Gasteiger partial charge in [0.25, 0.3) is 0 Å². The fourth-order valence-electron chi connectivity index (χ4n) is 3.33. The van der Waals surface area contributed by atoms with Gasteiger partial charge in [-0.1, -0.05) is 38.5 Å². The highest BCUT2D eigenvalue weighted by Gasteiger charge is 2.28. The van der Waals surface area contributed by atoms with Crippen LogP contribution >= 0.6 is 0 Å². The minimum absolute atomic E-state index is 0.744. The molecule has 0 aromatic heterocycles. The summed E-state index contributed by atoms with van der Waals surface area (Å²) in [5.74, 6) is 0.752. The largest absolute Gasteiger partial charge is 0.529 e. The molecule has 2 saturated carbocycles. The Morgan fingerprint density at radius 3 is 2.11 bits per heavy atom. The van der Waals surface area contributed by atoms with Crippen LogP contribution in [0.25, 0.3) is 0 Å². The van der Waals surface area contributed by atoms with E-state index in [-0.39, 0.29) is 0 Å². The number of hydrogen-bond donors (Lipinski definition) is 0. The maximum Gasteiger partial charge on any atom is 0.384 e. The SMILES string of the molecule is CO[SiH](OC=CC1CCCCCC1)C1CCCC1. The third-order valence-electron chi connectivity index (χ3n) is 4.48. The first-order valence-corrected chi connectivity index (χ1v) is 9.36. The molecule has 0 aromatic rings. The molecule has 1 atom stereocenters. The molecular weight excluding hydrogens is 240 g/mol. The van der Waals surface area contributed by atoms with Gasteiger partial charge in [-0.3, -0.25) is 0 Å². The van der Waals surface area contributed by atoms with E-state index in [1.807, 2.05) is 13.4 Å². The van der Waals surface area contributed by atoms with E-state index in [4.69, 9.17) is 8.85 Å². The van der Waals surface area contributed by atoms with Gasteiger partial charge in [-0.05, 0) is 37.7 Å². The first-order valence-electron chi connectivity index (χ1n) is 7.75. The van der Waals surface area contributed by atoms with E-state index >= 15 is 0 Å². The number of rotatable bonds is 5. The lowest BCUT2D eigenvalue weighted by Gasteiger charge is -2.19. The molecule has 0 aliphatic heterocycles. The van der Waals surface area contributed by atoms with E-state index in [2.05, 4.69) is 6.08 Å². The molecule has 18 heavy (non-hydrogen) atoms. The van der Waals surface area contributed by atoms with Crippen molar-refractivity contribution in [2.24, 2.45) is 5.92 Å². The topological polar surface area (TPSA) is 18.5 Å². The highest BCUT2D eigenvalue weighted by molar-refractivity contribution is 6.46. The first-order chi connectivity index (χ1) is 8.90. The summed E-state index contributed by atoms with van der Waals surface area (Å²) in [4.78, 5) is 0. The second-order valence-electron chi connectivity index (χ2n) is 5.86. The average molecular weight is 268 g/mol. The lowest BCUT2D eigenvalue weighted by atomic mass is 10.0. The summed E-state index contributed by atoms with van der Waals surface area (Å²) in [5, 5.41) is 0. The standard InChI is InChI=1S/C15H28O2Si/c1-16-18(15-10-6-7-11-15)17-13-12-14-8-4-2-3-5-9-14/h12-15,18H,2-11H2,1H3. The van der Waals surface area contributed by atoms with Crippen molar-refractivity contribution in [1.29, 1.82) is 0 Å². The van der Waals surface area contributed by atoms with E-state index in [9.17, 15) is 0 Å². The van der Waals surface area contributed by atoms with Crippen LogP contribution in [0.1, 0.15) is 64.2 Å². The maximum atomic E-state index is 5.95. The van der Waals surface area contributed by atoms with Gasteiger partial charge >= 0.3 is 9.28 Å². The van der Waals surface area contributed by atoms with Crippen molar-refractivity contribution in [3.8, 4) is 0 Å². The van der Waals surface area contributed by atoms with Gasteiger partial charge in [0.15, 0.2) is 0 Å². The summed E-state index contributed by atoms with van der Waals surface area (Å²) in [6.07, 6.45) is 18.0. The van der Waals surface area contributed by atoms with Crippen LogP contribution in [0.15, 0.2) is 12.3 Å². The quantitative estimate of drug-likeness (QED) is 0.420. The summed E-state index contributed by atoms with van der Waals surface area (Å²) in [6.45, 7) is 0. The molecule has 0 bridgehead atoms. The van der Waals surface area contributed by atoms with Gasteiger partial charge in [-0.25, -0.2) is 0 Å². The van der Waals surface area contributed by atoms with E-state index in [0.29, 0.717) is 0 Å². The Bertz CT molecular complexity index is 241. The van der Waals surface area contributed by atoms with Gasteiger partial charge < -0.3 is 8.85 Å². The van der Waals surface area contributed by atoms with E-state index in [1.54, 1.807) is 0 Å². The van der Waals surface area contributed by atoms with Crippen LogP contribution in [-0.4, -0.2) is 16.4 Å². The Kier molecular flexibility index (Phi) is 6.28. The number of hydrogen-bond acceptors (Lipinski definition) is 2. The zero-order chi connectivity index (χ0) is 12.6. The molecule has 2 aliphatic carbocycles. The molecule has 2 nitrogen and oxygen atoms in total. The molecule has 0 radical (unpaired) electrons. The van der Waals surface area contributed by atoms with Crippen molar-refractivity contribution < 1.29 is 8.85 Å². The Labute approximate surface area is 114 Å². The minimum Gasteiger partial charge on any atom is -0.529 e. The Hall–Kier alpha value is -0.283. The fourth-order valence-corrected chi connectivity index (χ4v) is 5.31. The monoisotopic (exact) mass is 268 g/mol. The average Bonchev–Trinajstić information content (AvgIpc) is 2.79. The van der Waals surface area contributed by atoms with Crippen molar-refractivity contribution in [1.82, 2.24) is 0 Å². The van der Waals surface area contributed by atoms with Crippen molar-refractivity contribution in [2.75, 3.05) is 7.11 Å².